The van der Waals surface area contributed by atoms with Gasteiger partial charge >= 0.3 is 0 Å². The number of fused-ring (bicyclic) bond motifs is 3. The van der Waals surface area contributed by atoms with Crippen LogP contribution in [0, 0.1) is 11.8 Å². The van der Waals surface area contributed by atoms with Crippen molar-refractivity contribution in [2.75, 3.05) is 0 Å². The Balaban J connectivity index is 1.78. The third kappa shape index (κ3) is 2.33. The Morgan fingerprint density at radius 1 is 1.19 bits per heavy atom. The first-order valence-electron chi connectivity index (χ1n) is 9.39. The first kappa shape index (κ1) is 16.1. The maximum atomic E-state index is 13.3. The molecular weight excluding hydrogens is 348 g/mol. The number of aromatic nitrogens is 4. The van der Waals surface area contributed by atoms with Crippen LogP contribution < -0.4 is 5.56 Å². The van der Waals surface area contributed by atoms with E-state index in [4.69, 9.17) is 16.6 Å². The van der Waals surface area contributed by atoms with Crippen molar-refractivity contribution in [1.29, 1.82) is 0 Å². The van der Waals surface area contributed by atoms with Crippen molar-refractivity contribution in [3.63, 3.8) is 0 Å². The van der Waals surface area contributed by atoms with Crippen LogP contribution >= 0.6 is 11.6 Å². The summed E-state index contributed by atoms with van der Waals surface area (Å²) < 4.78 is 3.73. The average molecular weight is 369 g/mol. The molecule has 0 aliphatic heterocycles. The SMILES string of the molecule is CCn1cnc2c(=O)n(-c3ccc(Cl)cc3)c(C3CC4CCC3C4)nc21. The smallest absolute Gasteiger partial charge is 0.286 e. The molecule has 0 spiro atoms. The molecule has 2 saturated carbocycles. The van der Waals surface area contributed by atoms with Crippen LogP contribution in [0.2, 0.25) is 5.02 Å². The summed E-state index contributed by atoms with van der Waals surface area (Å²) in [6.07, 6.45) is 6.69. The fourth-order valence-electron chi connectivity index (χ4n) is 4.89. The van der Waals surface area contributed by atoms with Gasteiger partial charge in [0, 0.05) is 17.5 Å². The Morgan fingerprint density at radius 2 is 2.00 bits per heavy atom. The second kappa shape index (κ2) is 5.95. The topological polar surface area (TPSA) is 52.7 Å². The summed E-state index contributed by atoms with van der Waals surface area (Å²) in [4.78, 5) is 22.7. The van der Waals surface area contributed by atoms with E-state index >= 15 is 0 Å². The Morgan fingerprint density at radius 3 is 2.65 bits per heavy atom. The highest BCUT2D eigenvalue weighted by atomic mass is 35.5. The van der Waals surface area contributed by atoms with E-state index in [1.807, 2.05) is 35.8 Å². The molecule has 3 unspecified atom stereocenters. The molecule has 0 radical (unpaired) electrons. The van der Waals surface area contributed by atoms with Gasteiger partial charge in [0.05, 0.1) is 12.0 Å². The minimum atomic E-state index is -0.0812. The van der Waals surface area contributed by atoms with Gasteiger partial charge in [-0.25, -0.2) is 9.97 Å². The summed E-state index contributed by atoms with van der Waals surface area (Å²) in [5.41, 5.74) is 1.88. The molecule has 2 aromatic heterocycles. The third-order valence-electron chi connectivity index (χ3n) is 6.16. The van der Waals surface area contributed by atoms with Crippen LogP contribution in [-0.4, -0.2) is 19.1 Å². The molecule has 1 aromatic carbocycles. The van der Waals surface area contributed by atoms with Gasteiger partial charge in [-0.2, -0.15) is 0 Å². The van der Waals surface area contributed by atoms with Gasteiger partial charge in [-0.15, -0.1) is 0 Å². The van der Waals surface area contributed by atoms with Crippen molar-refractivity contribution in [1.82, 2.24) is 19.1 Å². The molecule has 6 heteroatoms. The van der Waals surface area contributed by atoms with E-state index in [9.17, 15) is 4.79 Å². The first-order chi connectivity index (χ1) is 12.7. The highest BCUT2D eigenvalue weighted by Gasteiger charge is 2.42. The molecule has 0 amide bonds. The van der Waals surface area contributed by atoms with Crippen molar-refractivity contribution in [3.8, 4) is 5.69 Å². The summed E-state index contributed by atoms with van der Waals surface area (Å²) in [6, 6.07) is 7.43. The van der Waals surface area contributed by atoms with Crippen LogP contribution in [0.15, 0.2) is 35.4 Å². The number of imidazole rings is 1. The normalized spacial score (nSPS) is 24.6. The van der Waals surface area contributed by atoms with Gasteiger partial charge in [0.2, 0.25) is 0 Å². The van der Waals surface area contributed by atoms with Crippen molar-refractivity contribution in [2.24, 2.45) is 11.8 Å². The molecule has 2 aliphatic rings. The molecule has 2 fully saturated rings. The molecule has 3 atom stereocenters. The highest BCUT2D eigenvalue weighted by molar-refractivity contribution is 6.30. The molecule has 2 aliphatic carbocycles. The van der Waals surface area contributed by atoms with E-state index in [-0.39, 0.29) is 5.56 Å². The molecule has 2 heterocycles. The summed E-state index contributed by atoms with van der Waals surface area (Å²) in [7, 11) is 0. The quantitative estimate of drug-likeness (QED) is 0.697. The van der Waals surface area contributed by atoms with Gasteiger partial charge in [0.15, 0.2) is 11.2 Å². The Kier molecular flexibility index (Phi) is 3.67. The Bertz CT molecular complexity index is 1040. The molecule has 134 valence electrons. The lowest BCUT2D eigenvalue weighted by atomic mass is 9.88. The van der Waals surface area contributed by atoms with Crippen LogP contribution in [0.5, 0.6) is 0 Å². The summed E-state index contributed by atoms with van der Waals surface area (Å²) in [6.45, 7) is 2.80. The molecule has 3 aromatic rings. The number of rotatable bonds is 3. The first-order valence-corrected chi connectivity index (χ1v) is 9.77. The Hall–Kier alpha value is -2.14. The fourth-order valence-corrected chi connectivity index (χ4v) is 5.02. The standard InChI is InChI=1S/C20H21ClN4O/c1-2-24-11-22-17-19(24)23-18(16-10-12-3-4-13(16)9-12)25(20(17)26)15-7-5-14(21)6-8-15/h5-8,11-13,16H,2-4,9-10H2,1H3. The zero-order valence-corrected chi connectivity index (χ0v) is 15.5. The predicted molar refractivity (Wildman–Crippen MR) is 102 cm³/mol. The Labute approximate surface area is 156 Å². The van der Waals surface area contributed by atoms with E-state index in [0.717, 1.165) is 30.4 Å². The number of halogens is 1. The van der Waals surface area contributed by atoms with Gasteiger partial charge in [-0.1, -0.05) is 18.0 Å². The number of hydrogen-bond donors (Lipinski definition) is 0. The minimum Gasteiger partial charge on any atom is -0.315 e. The number of benzene rings is 1. The van der Waals surface area contributed by atoms with Gasteiger partial charge in [-0.3, -0.25) is 9.36 Å². The van der Waals surface area contributed by atoms with E-state index in [1.165, 1.54) is 19.3 Å². The monoisotopic (exact) mass is 368 g/mol. The second-order valence-electron chi connectivity index (χ2n) is 7.57. The lowest BCUT2D eigenvalue weighted by Gasteiger charge is -2.24. The average Bonchev–Trinajstić information content (AvgIpc) is 3.37. The van der Waals surface area contributed by atoms with E-state index < -0.39 is 0 Å². The lowest BCUT2D eigenvalue weighted by Crippen LogP contribution is -2.28. The van der Waals surface area contributed by atoms with Crippen LogP contribution in [0.1, 0.15) is 44.3 Å². The van der Waals surface area contributed by atoms with E-state index in [0.29, 0.717) is 28.0 Å². The van der Waals surface area contributed by atoms with Crippen LogP contribution in [0.25, 0.3) is 16.9 Å². The zero-order valence-electron chi connectivity index (χ0n) is 14.7. The van der Waals surface area contributed by atoms with Gasteiger partial charge in [0.1, 0.15) is 5.82 Å². The van der Waals surface area contributed by atoms with Crippen molar-refractivity contribution in [3.05, 3.63) is 51.8 Å². The maximum Gasteiger partial charge on any atom is 0.286 e. The highest BCUT2D eigenvalue weighted by Crippen LogP contribution is 2.52. The molecular formula is C20H21ClN4O. The van der Waals surface area contributed by atoms with Crippen LogP contribution in [0.3, 0.4) is 0 Å². The van der Waals surface area contributed by atoms with Gasteiger partial charge < -0.3 is 4.57 Å². The maximum absolute atomic E-state index is 13.3. The molecule has 0 saturated heterocycles. The van der Waals surface area contributed by atoms with E-state index in [2.05, 4.69) is 4.98 Å². The minimum absolute atomic E-state index is 0.0812. The molecule has 5 nitrogen and oxygen atoms in total. The molecule has 0 N–H and O–H groups in total. The molecule has 5 rings (SSSR count). The zero-order chi connectivity index (χ0) is 17.8. The van der Waals surface area contributed by atoms with Crippen LogP contribution in [0.4, 0.5) is 0 Å². The number of nitrogens with zero attached hydrogens (tertiary/aromatic N) is 4. The van der Waals surface area contributed by atoms with E-state index in [1.54, 1.807) is 10.9 Å². The molecule has 26 heavy (non-hydrogen) atoms. The fraction of sp³-hybridized carbons (Fsp3) is 0.450. The van der Waals surface area contributed by atoms with Crippen LogP contribution in [-0.2, 0) is 6.54 Å². The molecule has 2 bridgehead atoms. The summed E-state index contributed by atoms with van der Waals surface area (Å²) in [5.74, 6) is 2.67. The summed E-state index contributed by atoms with van der Waals surface area (Å²) in [5, 5.41) is 0.660. The second-order valence-corrected chi connectivity index (χ2v) is 8.01. The van der Waals surface area contributed by atoms with Gasteiger partial charge in [-0.05, 0) is 62.3 Å². The summed E-state index contributed by atoms with van der Waals surface area (Å²) >= 11 is 6.06. The van der Waals surface area contributed by atoms with Crippen molar-refractivity contribution >= 4 is 22.8 Å². The van der Waals surface area contributed by atoms with Crippen molar-refractivity contribution in [2.45, 2.75) is 45.1 Å². The third-order valence-corrected chi connectivity index (χ3v) is 6.41. The van der Waals surface area contributed by atoms with Crippen molar-refractivity contribution < 1.29 is 0 Å². The number of aryl methyl sites for hydroxylation is 1. The number of hydrogen-bond acceptors (Lipinski definition) is 3. The lowest BCUT2D eigenvalue weighted by molar-refractivity contribution is 0.399. The van der Waals surface area contributed by atoms with Gasteiger partial charge in [0.25, 0.3) is 5.56 Å². The predicted octanol–water partition coefficient (Wildman–Crippen LogP) is 4.16. The largest absolute Gasteiger partial charge is 0.315 e.